The quantitative estimate of drug-likeness (QED) is 0.327. The summed E-state index contributed by atoms with van der Waals surface area (Å²) in [5, 5.41) is 1.40. The molecule has 0 fully saturated rings. The zero-order valence-corrected chi connectivity index (χ0v) is 10.5. The number of hydroxylamine groups is 1. The van der Waals surface area contributed by atoms with Gasteiger partial charge >= 0.3 is 0 Å². The highest BCUT2D eigenvalue weighted by molar-refractivity contribution is 4.45. The molecule has 0 atom stereocenters. The monoisotopic (exact) mass is 216 g/mol. The van der Waals surface area contributed by atoms with Gasteiger partial charge in [-0.2, -0.15) is 0 Å². The number of nitrogens with zero attached hydrogens (tertiary/aromatic N) is 1. The minimum Gasteiger partial charge on any atom is -0.284 e. The van der Waals surface area contributed by atoms with E-state index in [1.165, 1.54) is 50.1 Å². The zero-order valence-electron chi connectivity index (χ0n) is 10.5. The molecule has 0 heterocycles. The van der Waals surface area contributed by atoms with Gasteiger partial charge in [0.25, 0.3) is 0 Å². The van der Waals surface area contributed by atoms with E-state index in [9.17, 15) is 0 Å². The van der Waals surface area contributed by atoms with Crippen molar-refractivity contribution in [3.05, 3.63) is 0 Å². The molecular formula is C12H28N2O. The molecule has 0 aliphatic heterocycles. The molecular weight excluding hydrogens is 188 g/mol. The Labute approximate surface area is 94.9 Å². The van der Waals surface area contributed by atoms with Crippen LogP contribution >= 0.6 is 0 Å². The van der Waals surface area contributed by atoms with Gasteiger partial charge in [-0.3, -0.25) is 4.84 Å². The lowest BCUT2D eigenvalue weighted by Crippen LogP contribution is -2.31. The van der Waals surface area contributed by atoms with Crippen LogP contribution in [0.3, 0.4) is 0 Å². The summed E-state index contributed by atoms with van der Waals surface area (Å²) in [6, 6.07) is 0. The number of hydrogen-bond acceptors (Lipinski definition) is 3. The molecule has 0 aromatic carbocycles. The van der Waals surface area contributed by atoms with Gasteiger partial charge in [0.1, 0.15) is 0 Å². The summed E-state index contributed by atoms with van der Waals surface area (Å²) in [4.78, 5) is 5.25. The van der Waals surface area contributed by atoms with E-state index in [0.717, 1.165) is 19.6 Å². The van der Waals surface area contributed by atoms with Crippen LogP contribution in [0, 0.1) is 0 Å². The summed E-state index contributed by atoms with van der Waals surface area (Å²) < 4.78 is 0. The van der Waals surface area contributed by atoms with E-state index in [2.05, 4.69) is 6.92 Å². The van der Waals surface area contributed by atoms with E-state index in [1.54, 1.807) is 0 Å². The molecule has 92 valence electrons. The maximum atomic E-state index is 5.48. The van der Waals surface area contributed by atoms with Gasteiger partial charge in [0.2, 0.25) is 0 Å². The Hall–Kier alpha value is -0.120. The molecule has 0 aromatic rings. The zero-order chi connectivity index (χ0) is 11.4. The van der Waals surface area contributed by atoms with Crippen molar-refractivity contribution in [1.82, 2.24) is 5.17 Å². The van der Waals surface area contributed by atoms with Crippen LogP contribution in [0.25, 0.3) is 0 Å². The van der Waals surface area contributed by atoms with Crippen LogP contribution in [0.15, 0.2) is 0 Å². The van der Waals surface area contributed by atoms with Crippen molar-refractivity contribution in [3.8, 4) is 0 Å². The summed E-state index contributed by atoms with van der Waals surface area (Å²) >= 11 is 0. The van der Waals surface area contributed by atoms with Crippen molar-refractivity contribution in [2.45, 2.75) is 65.2 Å². The van der Waals surface area contributed by atoms with Gasteiger partial charge in [0.15, 0.2) is 0 Å². The number of nitrogens with two attached hydrogens (primary N) is 1. The Morgan fingerprint density at radius 1 is 0.867 bits per heavy atom. The number of hydrazine groups is 1. The van der Waals surface area contributed by atoms with Crippen molar-refractivity contribution in [3.63, 3.8) is 0 Å². The Morgan fingerprint density at radius 3 is 1.93 bits per heavy atom. The highest BCUT2D eigenvalue weighted by Crippen LogP contribution is 2.08. The van der Waals surface area contributed by atoms with Crippen molar-refractivity contribution >= 4 is 0 Å². The molecule has 15 heavy (non-hydrogen) atoms. The summed E-state index contributed by atoms with van der Waals surface area (Å²) in [5.74, 6) is 5.48. The van der Waals surface area contributed by atoms with Gasteiger partial charge in [-0.15, -0.1) is 5.17 Å². The van der Waals surface area contributed by atoms with E-state index in [-0.39, 0.29) is 0 Å². The maximum absolute atomic E-state index is 5.48. The van der Waals surface area contributed by atoms with Crippen molar-refractivity contribution in [1.29, 1.82) is 0 Å². The lowest BCUT2D eigenvalue weighted by Gasteiger charge is -2.12. The van der Waals surface area contributed by atoms with E-state index < -0.39 is 0 Å². The normalized spacial score (nSPS) is 11.2. The first-order valence-electron chi connectivity index (χ1n) is 6.46. The fourth-order valence-corrected chi connectivity index (χ4v) is 1.51. The van der Waals surface area contributed by atoms with Crippen molar-refractivity contribution in [2.75, 3.05) is 13.2 Å². The van der Waals surface area contributed by atoms with Crippen molar-refractivity contribution < 1.29 is 4.84 Å². The first kappa shape index (κ1) is 14.9. The van der Waals surface area contributed by atoms with Gasteiger partial charge in [-0.05, 0) is 13.3 Å². The topological polar surface area (TPSA) is 38.5 Å². The second-order valence-corrected chi connectivity index (χ2v) is 4.04. The first-order valence-corrected chi connectivity index (χ1v) is 6.46. The van der Waals surface area contributed by atoms with Crippen LogP contribution in [-0.4, -0.2) is 18.3 Å². The number of hydrogen-bond donors (Lipinski definition) is 1. The molecule has 0 aliphatic rings. The highest BCUT2D eigenvalue weighted by Gasteiger charge is 1.95. The first-order chi connectivity index (χ1) is 7.31. The second-order valence-electron chi connectivity index (χ2n) is 4.04. The van der Waals surface area contributed by atoms with Crippen LogP contribution in [0.1, 0.15) is 65.2 Å². The van der Waals surface area contributed by atoms with Crippen LogP contribution < -0.4 is 5.84 Å². The van der Waals surface area contributed by atoms with Crippen molar-refractivity contribution in [2.24, 2.45) is 5.84 Å². The fraction of sp³-hybridized carbons (Fsp3) is 1.00. The Balaban J connectivity index is 2.92. The lowest BCUT2D eigenvalue weighted by atomic mass is 10.1. The molecule has 2 N–H and O–H groups in total. The Morgan fingerprint density at radius 2 is 1.40 bits per heavy atom. The standard InChI is InChI=1S/C12H28N2O/c1-3-5-6-7-8-9-10-11-12-15-14(13)4-2/h3-13H2,1-2H3. The number of unbranched alkanes of at least 4 members (excludes halogenated alkanes) is 7. The molecule has 0 aromatic heterocycles. The third kappa shape index (κ3) is 11.8. The summed E-state index contributed by atoms with van der Waals surface area (Å²) in [6.07, 6.45) is 10.6. The molecule has 0 saturated carbocycles. The summed E-state index contributed by atoms with van der Waals surface area (Å²) in [5.41, 5.74) is 0. The molecule has 3 nitrogen and oxygen atoms in total. The molecule has 0 bridgehead atoms. The SMILES string of the molecule is CCCCCCCCCCON(N)CC. The predicted octanol–water partition coefficient (Wildman–Crippen LogP) is 3.25. The smallest absolute Gasteiger partial charge is 0.0701 e. The van der Waals surface area contributed by atoms with E-state index >= 15 is 0 Å². The van der Waals surface area contributed by atoms with Crippen LogP contribution in [0.4, 0.5) is 0 Å². The summed E-state index contributed by atoms with van der Waals surface area (Å²) in [7, 11) is 0. The van der Waals surface area contributed by atoms with Crippen LogP contribution in [0.5, 0.6) is 0 Å². The predicted molar refractivity (Wildman–Crippen MR) is 65.1 cm³/mol. The minimum absolute atomic E-state index is 0.747. The largest absolute Gasteiger partial charge is 0.284 e. The van der Waals surface area contributed by atoms with Crippen LogP contribution in [-0.2, 0) is 4.84 Å². The molecule has 0 radical (unpaired) electrons. The molecule has 0 amide bonds. The highest BCUT2D eigenvalue weighted by atomic mass is 16.7. The third-order valence-electron chi connectivity index (χ3n) is 2.57. The maximum Gasteiger partial charge on any atom is 0.0701 e. The second kappa shape index (κ2) is 12.0. The molecule has 0 aliphatic carbocycles. The van der Waals surface area contributed by atoms with Gasteiger partial charge in [-0.25, -0.2) is 5.84 Å². The van der Waals surface area contributed by atoms with E-state index in [0.29, 0.717) is 0 Å². The average Bonchev–Trinajstić information content (AvgIpc) is 2.26. The Bertz CT molecular complexity index is 120. The molecule has 0 spiro atoms. The van der Waals surface area contributed by atoms with Gasteiger partial charge in [-0.1, -0.05) is 51.9 Å². The Kier molecular flexibility index (Phi) is 11.9. The van der Waals surface area contributed by atoms with Gasteiger partial charge < -0.3 is 0 Å². The third-order valence-corrected chi connectivity index (χ3v) is 2.57. The van der Waals surface area contributed by atoms with E-state index in [4.69, 9.17) is 10.7 Å². The van der Waals surface area contributed by atoms with Gasteiger partial charge in [0, 0.05) is 6.54 Å². The lowest BCUT2D eigenvalue weighted by molar-refractivity contribution is -0.159. The van der Waals surface area contributed by atoms with Gasteiger partial charge in [0.05, 0.1) is 6.61 Å². The summed E-state index contributed by atoms with van der Waals surface area (Å²) in [6.45, 7) is 5.74. The number of rotatable bonds is 11. The molecule has 0 saturated heterocycles. The molecule has 3 heteroatoms. The van der Waals surface area contributed by atoms with Crippen LogP contribution in [0.2, 0.25) is 0 Å². The fourth-order valence-electron chi connectivity index (χ4n) is 1.51. The minimum atomic E-state index is 0.747. The van der Waals surface area contributed by atoms with E-state index in [1.807, 2.05) is 6.92 Å². The molecule has 0 unspecified atom stereocenters. The average molecular weight is 216 g/mol. The molecule has 0 rings (SSSR count).